The first-order chi connectivity index (χ1) is 8.31. The Hall–Kier alpha value is -1.94. The number of ether oxygens (including phenoxy) is 1. The van der Waals surface area contributed by atoms with Crippen molar-refractivity contribution in [2.24, 2.45) is 0 Å². The van der Waals surface area contributed by atoms with Gasteiger partial charge >= 0.3 is 0 Å². The molecule has 1 aliphatic heterocycles. The van der Waals surface area contributed by atoms with Gasteiger partial charge in [-0.15, -0.1) is 0 Å². The van der Waals surface area contributed by atoms with Gasteiger partial charge in [-0.3, -0.25) is 4.79 Å². The minimum atomic E-state index is 0.559. The Morgan fingerprint density at radius 2 is 2.18 bits per heavy atom. The topological polar surface area (TPSA) is 44.1 Å². The molecule has 2 aromatic rings. The molecule has 0 amide bonds. The number of hydrogen-bond acceptors (Lipinski definition) is 3. The number of carbonyl (C=O) groups is 1. The fraction of sp³-hybridized carbons (Fsp3) is 0.231. The molecule has 0 N–H and O–H groups in total. The van der Waals surface area contributed by atoms with Crippen LogP contribution in [-0.4, -0.2) is 16.1 Å². The SMILES string of the molecule is Cc1nn(-c2ccccc2C=O)c2c1COC2. The summed E-state index contributed by atoms with van der Waals surface area (Å²) in [6, 6.07) is 7.44. The van der Waals surface area contributed by atoms with E-state index in [0.717, 1.165) is 28.9 Å². The molecule has 3 rings (SSSR count). The second-order valence-electron chi connectivity index (χ2n) is 4.09. The molecule has 86 valence electrons. The van der Waals surface area contributed by atoms with Crippen LogP contribution in [0.15, 0.2) is 24.3 Å². The summed E-state index contributed by atoms with van der Waals surface area (Å²) < 4.78 is 7.24. The van der Waals surface area contributed by atoms with E-state index in [1.54, 1.807) is 6.07 Å². The third-order valence-corrected chi connectivity index (χ3v) is 3.07. The van der Waals surface area contributed by atoms with Gasteiger partial charge in [0, 0.05) is 11.1 Å². The molecule has 0 fully saturated rings. The Morgan fingerprint density at radius 1 is 1.35 bits per heavy atom. The predicted octanol–water partition coefficient (Wildman–Crippen LogP) is 2.02. The molecule has 0 bridgehead atoms. The highest BCUT2D eigenvalue weighted by atomic mass is 16.5. The molecule has 0 unspecified atom stereocenters. The van der Waals surface area contributed by atoms with Crippen molar-refractivity contribution in [1.82, 2.24) is 9.78 Å². The van der Waals surface area contributed by atoms with E-state index >= 15 is 0 Å². The second-order valence-corrected chi connectivity index (χ2v) is 4.09. The van der Waals surface area contributed by atoms with Crippen LogP contribution in [0.25, 0.3) is 5.69 Å². The lowest BCUT2D eigenvalue weighted by Crippen LogP contribution is -2.04. The van der Waals surface area contributed by atoms with Gasteiger partial charge in [0.15, 0.2) is 6.29 Å². The van der Waals surface area contributed by atoms with E-state index in [9.17, 15) is 4.79 Å². The molecule has 0 radical (unpaired) electrons. The van der Waals surface area contributed by atoms with Gasteiger partial charge in [0.05, 0.1) is 30.3 Å². The molecule has 2 heterocycles. The molecule has 0 saturated carbocycles. The standard InChI is InChI=1S/C13H12N2O2/c1-9-11-7-17-8-13(11)15(14-9)12-5-3-2-4-10(12)6-16/h2-6H,7-8H2,1H3. The highest BCUT2D eigenvalue weighted by Gasteiger charge is 2.22. The van der Waals surface area contributed by atoms with Gasteiger partial charge in [-0.05, 0) is 19.1 Å². The first-order valence-electron chi connectivity index (χ1n) is 5.51. The maximum absolute atomic E-state index is 11.0. The van der Waals surface area contributed by atoms with Crippen LogP contribution in [0.5, 0.6) is 0 Å². The number of aldehydes is 1. The van der Waals surface area contributed by atoms with E-state index in [-0.39, 0.29) is 0 Å². The number of benzene rings is 1. The normalized spacial score (nSPS) is 13.7. The predicted molar refractivity (Wildman–Crippen MR) is 62.2 cm³/mol. The first kappa shape index (κ1) is 10.2. The summed E-state index contributed by atoms with van der Waals surface area (Å²) in [6.07, 6.45) is 0.856. The summed E-state index contributed by atoms with van der Waals surface area (Å²) in [6.45, 7) is 3.14. The molecular formula is C13H12N2O2. The molecule has 1 aromatic heterocycles. The molecule has 1 aromatic carbocycles. The number of para-hydroxylation sites is 1. The third kappa shape index (κ3) is 1.49. The quantitative estimate of drug-likeness (QED) is 0.739. The third-order valence-electron chi connectivity index (χ3n) is 3.07. The number of aryl methyl sites for hydroxylation is 1. The van der Waals surface area contributed by atoms with E-state index in [1.807, 2.05) is 29.8 Å². The lowest BCUT2D eigenvalue weighted by atomic mass is 10.2. The Kier molecular flexibility index (Phi) is 2.30. The first-order valence-corrected chi connectivity index (χ1v) is 5.51. The average Bonchev–Trinajstić information content (AvgIpc) is 2.94. The summed E-state index contributed by atoms with van der Waals surface area (Å²) in [4.78, 5) is 11.0. The minimum Gasteiger partial charge on any atom is -0.370 e. The molecule has 4 heteroatoms. The molecular weight excluding hydrogens is 216 g/mol. The van der Waals surface area contributed by atoms with Crippen LogP contribution < -0.4 is 0 Å². The van der Waals surface area contributed by atoms with Crippen LogP contribution in [0.4, 0.5) is 0 Å². The highest BCUT2D eigenvalue weighted by molar-refractivity contribution is 5.80. The molecule has 17 heavy (non-hydrogen) atoms. The highest BCUT2D eigenvalue weighted by Crippen LogP contribution is 2.26. The van der Waals surface area contributed by atoms with E-state index in [1.165, 1.54) is 0 Å². The maximum Gasteiger partial charge on any atom is 0.152 e. The summed E-state index contributed by atoms with van der Waals surface area (Å²) in [5, 5.41) is 4.49. The molecule has 0 saturated heterocycles. The number of aromatic nitrogens is 2. The molecule has 0 aliphatic carbocycles. The van der Waals surface area contributed by atoms with Gasteiger partial charge in [-0.1, -0.05) is 12.1 Å². The molecule has 0 spiro atoms. The van der Waals surface area contributed by atoms with E-state index < -0.39 is 0 Å². The van der Waals surface area contributed by atoms with Crippen molar-refractivity contribution in [2.45, 2.75) is 20.1 Å². The van der Waals surface area contributed by atoms with Gasteiger partial charge in [0.25, 0.3) is 0 Å². The van der Waals surface area contributed by atoms with Gasteiger partial charge < -0.3 is 4.74 Å². The minimum absolute atomic E-state index is 0.559. The summed E-state index contributed by atoms with van der Waals surface area (Å²) in [7, 11) is 0. The number of nitrogens with zero attached hydrogens (tertiary/aromatic N) is 2. The summed E-state index contributed by atoms with van der Waals surface area (Å²) in [5.41, 5.74) is 4.63. The molecule has 4 nitrogen and oxygen atoms in total. The molecule has 1 aliphatic rings. The lowest BCUT2D eigenvalue weighted by Gasteiger charge is -2.07. The zero-order valence-electron chi connectivity index (χ0n) is 9.51. The summed E-state index contributed by atoms with van der Waals surface area (Å²) >= 11 is 0. The van der Waals surface area contributed by atoms with Gasteiger partial charge in [0.2, 0.25) is 0 Å². The van der Waals surface area contributed by atoms with Crippen molar-refractivity contribution >= 4 is 6.29 Å². The van der Waals surface area contributed by atoms with Crippen LogP contribution in [0.3, 0.4) is 0 Å². The van der Waals surface area contributed by atoms with Crippen molar-refractivity contribution in [2.75, 3.05) is 0 Å². The van der Waals surface area contributed by atoms with Crippen LogP contribution in [0, 0.1) is 6.92 Å². The van der Waals surface area contributed by atoms with Crippen molar-refractivity contribution < 1.29 is 9.53 Å². The molecule has 0 atom stereocenters. The zero-order chi connectivity index (χ0) is 11.8. The smallest absolute Gasteiger partial charge is 0.152 e. The van der Waals surface area contributed by atoms with E-state index in [0.29, 0.717) is 18.8 Å². The van der Waals surface area contributed by atoms with Crippen LogP contribution in [0.2, 0.25) is 0 Å². The Morgan fingerprint density at radius 3 is 3.00 bits per heavy atom. The van der Waals surface area contributed by atoms with Crippen molar-refractivity contribution in [3.63, 3.8) is 0 Å². The monoisotopic (exact) mass is 228 g/mol. The average molecular weight is 228 g/mol. The number of hydrogen-bond donors (Lipinski definition) is 0. The van der Waals surface area contributed by atoms with Crippen LogP contribution in [0.1, 0.15) is 27.3 Å². The Balaban J connectivity index is 2.22. The maximum atomic E-state index is 11.0. The van der Waals surface area contributed by atoms with Crippen LogP contribution in [-0.2, 0) is 18.0 Å². The van der Waals surface area contributed by atoms with E-state index in [2.05, 4.69) is 5.10 Å². The zero-order valence-corrected chi connectivity index (χ0v) is 9.51. The van der Waals surface area contributed by atoms with Gasteiger partial charge in [-0.25, -0.2) is 4.68 Å². The Labute approximate surface area is 98.8 Å². The van der Waals surface area contributed by atoms with Crippen molar-refractivity contribution in [3.8, 4) is 5.69 Å². The van der Waals surface area contributed by atoms with Crippen molar-refractivity contribution in [1.29, 1.82) is 0 Å². The van der Waals surface area contributed by atoms with E-state index in [4.69, 9.17) is 4.74 Å². The fourth-order valence-corrected chi connectivity index (χ4v) is 2.17. The number of carbonyl (C=O) groups excluding carboxylic acids is 1. The summed E-state index contributed by atoms with van der Waals surface area (Å²) in [5.74, 6) is 0. The van der Waals surface area contributed by atoms with Gasteiger partial charge in [0.1, 0.15) is 0 Å². The van der Waals surface area contributed by atoms with Crippen molar-refractivity contribution in [3.05, 3.63) is 46.8 Å². The lowest BCUT2D eigenvalue weighted by molar-refractivity contribution is 0.112. The number of fused-ring (bicyclic) bond motifs is 1. The number of rotatable bonds is 2. The second kappa shape index (κ2) is 3.82. The Bertz CT molecular complexity index is 587. The van der Waals surface area contributed by atoms with Gasteiger partial charge in [-0.2, -0.15) is 5.10 Å². The van der Waals surface area contributed by atoms with Crippen LogP contribution >= 0.6 is 0 Å². The largest absolute Gasteiger partial charge is 0.370 e. The fourth-order valence-electron chi connectivity index (χ4n) is 2.17.